The zero-order chi connectivity index (χ0) is 17.2. The molecule has 132 valence electrons. The second kappa shape index (κ2) is 7.41. The van der Waals surface area contributed by atoms with Crippen LogP contribution in [0.5, 0.6) is 0 Å². The van der Waals surface area contributed by atoms with E-state index in [1.54, 1.807) is 0 Å². The average Bonchev–Trinajstić information content (AvgIpc) is 3.24. The van der Waals surface area contributed by atoms with Crippen LogP contribution in [-0.4, -0.2) is 59.5 Å². The van der Waals surface area contributed by atoms with E-state index in [-0.39, 0.29) is 5.91 Å². The fourth-order valence-corrected chi connectivity index (χ4v) is 4.51. The molecular weight excluding hydrogens is 356 g/mol. The van der Waals surface area contributed by atoms with Crippen molar-refractivity contribution in [1.82, 2.24) is 14.8 Å². The topological polar surface area (TPSA) is 48.5 Å². The third-order valence-electron chi connectivity index (χ3n) is 4.93. The van der Waals surface area contributed by atoms with Crippen LogP contribution >= 0.6 is 22.9 Å². The SMILES string of the molecule is O=C(CN1CCN2CCCC2C1)Nc1nc(-c2ccc(Cl)cc2)cs1. The van der Waals surface area contributed by atoms with Crippen LogP contribution in [0.15, 0.2) is 29.6 Å². The summed E-state index contributed by atoms with van der Waals surface area (Å²) in [5, 5.41) is 6.24. The molecule has 1 atom stereocenters. The average molecular weight is 377 g/mol. The number of carbonyl (C=O) groups excluding carboxylic acids is 1. The molecule has 0 saturated carbocycles. The number of piperazine rings is 1. The number of nitrogens with one attached hydrogen (secondary N) is 1. The van der Waals surface area contributed by atoms with Crippen LogP contribution in [0.1, 0.15) is 12.8 Å². The summed E-state index contributed by atoms with van der Waals surface area (Å²) < 4.78 is 0. The molecule has 7 heteroatoms. The Bertz CT molecular complexity index is 748. The molecule has 1 amide bonds. The molecule has 2 saturated heterocycles. The van der Waals surface area contributed by atoms with Gasteiger partial charge in [0, 0.05) is 41.6 Å². The number of anilines is 1. The fourth-order valence-electron chi connectivity index (χ4n) is 3.65. The van der Waals surface area contributed by atoms with Crippen LogP contribution < -0.4 is 5.32 Å². The second-order valence-corrected chi connectivity index (χ2v) is 7.95. The summed E-state index contributed by atoms with van der Waals surface area (Å²) in [6.45, 7) is 4.71. The van der Waals surface area contributed by atoms with Crippen molar-refractivity contribution in [2.75, 3.05) is 38.0 Å². The van der Waals surface area contributed by atoms with E-state index in [0.717, 1.165) is 30.9 Å². The summed E-state index contributed by atoms with van der Waals surface area (Å²) in [7, 11) is 0. The van der Waals surface area contributed by atoms with Crippen molar-refractivity contribution >= 4 is 34.0 Å². The molecule has 25 heavy (non-hydrogen) atoms. The number of carbonyl (C=O) groups is 1. The summed E-state index contributed by atoms with van der Waals surface area (Å²) in [4.78, 5) is 21.7. The van der Waals surface area contributed by atoms with E-state index in [1.165, 1.54) is 30.7 Å². The number of hydrogen-bond donors (Lipinski definition) is 1. The Kier molecular flexibility index (Phi) is 5.03. The largest absolute Gasteiger partial charge is 0.301 e. The van der Waals surface area contributed by atoms with Crippen molar-refractivity contribution < 1.29 is 4.79 Å². The molecule has 2 fully saturated rings. The molecule has 4 rings (SSSR count). The fraction of sp³-hybridized carbons (Fsp3) is 0.444. The maximum absolute atomic E-state index is 12.3. The molecule has 0 bridgehead atoms. The molecule has 1 aromatic heterocycles. The van der Waals surface area contributed by atoms with E-state index in [2.05, 4.69) is 20.1 Å². The molecule has 1 unspecified atom stereocenters. The molecule has 3 heterocycles. The van der Waals surface area contributed by atoms with Gasteiger partial charge in [0.1, 0.15) is 0 Å². The van der Waals surface area contributed by atoms with Crippen LogP contribution in [0, 0.1) is 0 Å². The highest BCUT2D eigenvalue weighted by Crippen LogP contribution is 2.26. The first-order chi connectivity index (χ1) is 12.2. The number of benzene rings is 1. The summed E-state index contributed by atoms with van der Waals surface area (Å²) >= 11 is 7.37. The minimum absolute atomic E-state index is 0.0171. The maximum atomic E-state index is 12.3. The van der Waals surface area contributed by atoms with Crippen molar-refractivity contribution in [3.63, 3.8) is 0 Å². The number of rotatable bonds is 4. The number of thiazole rings is 1. The van der Waals surface area contributed by atoms with Crippen molar-refractivity contribution in [1.29, 1.82) is 0 Å². The van der Waals surface area contributed by atoms with Crippen LogP contribution in [0.3, 0.4) is 0 Å². The highest BCUT2D eigenvalue weighted by molar-refractivity contribution is 7.14. The minimum atomic E-state index is 0.0171. The Morgan fingerprint density at radius 1 is 1.28 bits per heavy atom. The minimum Gasteiger partial charge on any atom is -0.301 e. The third kappa shape index (κ3) is 4.03. The molecule has 0 spiro atoms. The molecule has 1 N–H and O–H groups in total. The van der Waals surface area contributed by atoms with Gasteiger partial charge in [-0.3, -0.25) is 14.6 Å². The first kappa shape index (κ1) is 17.0. The first-order valence-corrected chi connectivity index (χ1v) is 9.91. The van der Waals surface area contributed by atoms with Gasteiger partial charge in [-0.05, 0) is 31.5 Å². The van der Waals surface area contributed by atoms with Crippen LogP contribution in [-0.2, 0) is 4.79 Å². The van der Waals surface area contributed by atoms with Gasteiger partial charge in [-0.15, -0.1) is 11.3 Å². The summed E-state index contributed by atoms with van der Waals surface area (Å²) in [6, 6.07) is 8.19. The van der Waals surface area contributed by atoms with Gasteiger partial charge in [0.2, 0.25) is 5.91 Å². The van der Waals surface area contributed by atoms with Gasteiger partial charge < -0.3 is 5.32 Å². The van der Waals surface area contributed by atoms with Gasteiger partial charge in [0.25, 0.3) is 0 Å². The second-order valence-electron chi connectivity index (χ2n) is 6.66. The van der Waals surface area contributed by atoms with Gasteiger partial charge in [-0.1, -0.05) is 23.7 Å². The predicted octanol–water partition coefficient (Wildman–Crippen LogP) is 3.18. The molecule has 5 nitrogen and oxygen atoms in total. The van der Waals surface area contributed by atoms with Gasteiger partial charge >= 0.3 is 0 Å². The molecule has 2 aliphatic rings. The van der Waals surface area contributed by atoms with Crippen molar-refractivity contribution in [3.05, 3.63) is 34.7 Å². The Balaban J connectivity index is 1.33. The van der Waals surface area contributed by atoms with Crippen molar-refractivity contribution in [2.45, 2.75) is 18.9 Å². The lowest BCUT2D eigenvalue weighted by atomic mass is 10.1. The third-order valence-corrected chi connectivity index (χ3v) is 5.94. The smallest absolute Gasteiger partial charge is 0.240 e. The van der Waals surface area contributed by atoms with Gasteiger partial charge in [0.15, 0.2) is 5.13 Å². The zero-order valence-corrected chi connectivity index (χ0v) is 15.5. The lowest BCUT2D eigenvalue weighted by Crippen LogP contribution is -2.51. The van der Waals surface area contributed by atoms with Gasteiger partial charge in [-0.2, -0.15) is 0 Å². The van der Waals surface area contributed by atoms with Crippen LogP contribution in [0.4, 0.5) is 5.13 Å². The van der Waals surface area contributed by atoms with E-state index in [1.807, 2.05) is 29.6 Å². The van der Waals surface area contributed by atoms with E-state index < -0.39 is 0 Å². The highest BCUT2D eigenvalue weighted by Gasteiger charge is 2.31. The lowest BCUT2D eigenvalue weighted by Gasteiger charge is -2.36. The number of aromatic nitrogens is 1. The molecule has 0 aliphatic carbocycles. The van der Waals surface area contributed by atoms with E-state index in [4.69, 9.17) is 11.6 Å². The molecule has 2 aliphatic heterocycles. The predicted molar refractivity (Wildman–Crippen MR) is 102 cm³/mol. The van der Waals surface area contributed by atoms with Crippen LogP contribution in [0.25, 0.3) is 11.3 Å². The summed E-state index contributed by atoms with van der Waals surface area (Å²) in [5.41, 5.74) is 1.86. The van der Waals surface area contributed by atoms with Gasteiger partial charge in [-0.25, -0.2) is 4.98 Å². The normalized spacial score (nSPS) is 21.2. The Hall–Kier alpha value is -1.47. The van der Waals surface area contributed by atoms with Gasteiger partial charge in [0.05, 0.1) is 12.2 Å². The Morgan fingerprint density at radius 2 is 2.12 bits per heavy atom. The molecule has 2 aromatic rings. The highest BCUT2D eigenvalue weighted by atomic mass is 35.5. The van der Waals surface area contributed by atoms with Crippen molar-refractivity contribution in [3.8, 4) is 11.3 Å². The van der Waals surface area contributed by atoms with E-state index in [0.29, 0.717) is 22.7 Å². The first-order valence-electron chi connectivity index (χ1n) is 8.65. The summed E-state index contributed by atoms with van der Waals surface area (Å²) in [5.74, 6) is 0.0171. The molecule has 0 radical (unpaired) electrons. The monoisotopic (exact) mass is 376 g/mol. The number of hydrogen-bond acceptors (Lipinski definition) is 5. The number of fused-ring (bicyclic) bond motifs is 1. The number of halogens is 1. The Morgan fingerprint density at radius 3 is 2.96 bits per heavy atom. The molecular formula is C18H21ClN4OS. The van der Waals surface area contributed by atoms with E-state index in [9.17, 15) is 4.79 Å². The number of amides is 1. The summed E-state index contributed by atoms with van der Waals surface area (Å²) in [6.07, 6.45) is 2.55. The zero-order valence-electron chi connectivity index (χ0n) is 13.9. The molecule has 1 aromatic carbocycles. The lowest BCUT2D eigenvalue weighted by molar-refractivity contribution is -0.117. The van der Waals surface area contributed by atoms with E-state index >= 15 is 0 Å². The maximum Gasteiger partial charge on any atom is 0.240 e. The Labute approximate surface area is 156 Å². The van der Waals surface area contributed by atoms with Crippen LogP contribution in [0.2, 0.25) is 5.02 Å². The standard InChI is InChI=1S/C18H21ClN4OS/c19-14-5-3-13(4-6-14)16-12-25-18(20-16)21-17(24)11-22-8-9-23-7-1-2-15(23)10-22/h3-6,12,15H,1-2,7-11H2,(H,20,21,24). The number of nitrogens with zero attached hydrogens (tertiary/aromatic N) is 3. The quantitative estimate of drug-likeness (QED) is 0.890. The van der Waals surface area contributed by atoms with Crippen molar-refractivity contribution in [2.24, 2.45) is 0 Å².